The second-order valence-electron chi connectivity index (χ2n) is 5.45. The molecular weight excluding hydrogens is 396 g/mol. The maximum atomic E-state index is 11.5. The van der Waals surface area contributed by atoms with E-state index in [1.807, 2.05) is 24.3 Å². The van der Waals surface area contributed by atoms with Crippen LogP contribution in [-0.4, -0.2) is 0 Å². The molecule has 0 saturated carbocycles. The molecule has 27 heavy (non-hydrogen) atoms. The molecule has 137 valence electrons. The van der Waals surface area contributed by atoms with E-state index in [9.17, 15) is 20.0 Å². The summed E-state index contributed by atoms with van der Waals surface area (Å²) in [5, 5.41) is 31.0. The third-order valence-electron chi connectivity index (χ3n) is 3.91. The molecule has 0 bridgehead atoms. The Morgan fingerprint density at radius 1 is 0.556 bits per heavy atom. The van der Waals surface area contributed by atoms with Gasteiger partial charge in [-0.2, -0.15) is 0 Å². The average molecular weight is 408 g/mol. The summed E-state index contributed by atoms with van der Waals surface area (Å²) in [5.41, 5.74) is -0.0580. The normalized spacial score (nSPS) is 9.78. The summed E-state index contributed by atoms with van der Waals surface area (Å²) in [6.45, 7) is 0. The van der Waals surface area contributed by atoms with Gasteiger partial charge in [-0.3, -0.25) is 0 Å². The second kappa shape index (κ2) is 8.89. The van der Waals surface area contributed by atoms with Crippen LogP contribution in [-0.2, 0) is 17.1 Å². The average Bonchev–Trinajstić information content (AvgIpc) is 2.70. The minimum absolute atomic E-state index is 0. The molecule has 6 nitrogen and oxygen atoms in total. The van der Waals surface area contributed by atoms with E-state index >= 15 is 0 Å². The van der Waals surface area contributed by atoms with Gasteiger partial charge in [0, 0.05) is 0 Å². The Hall–Kier alpha value is -3.28. The maximum Gasteiger partial charge on any atom is 2.00 e. The fourth-order valence-electron chi connectivity index (χ4n) is 2.61. The first kappa shape index (κ1) is 20.0. The van der Waals surface area contributed by atoms with Gasteiger partial charge in [0.1, 0.15) is 11.4 Å². The van der Waals surface area contributed by atoms with Gasteiger partial charge in [0.15, 0.2) is 0 Å². The van der Waals surface area contributed by atoms with Gasteiger partial charge in [0.05, 0.1) is 0 Å². The maximum absolute atomic E-state index is 11.5. The van der Waals surface area contributed by atoms with Gasteiger partial charge in [-0.15, -0.1) is 9.81 Å². The summed E-state index contributed by atoms with van der Waals surface area (Å²) in [5.74, 6) is -0.596. The van der Waals surface area contributed by atoms with E-state index in [4.69, 9.17) is 0 Å². The topological polar surface area (TPSA) is 105 Å². The van der Waals surface area contributed by atoms with E-state index in [0.29, 0.717) is 10.8 Å². The molecule has 0 amide bonds. The van der Waals surface area contributed by atoms with E-state index in [2.05, 4.69) is 10.4 Å². The molecular formula is C20H12CuN2O4. The van der Waals surface area contributed by atoms with E-state index in [1.54, 1.807) is 36.4 Å². The van der Waals surface area contributed by atoms with Crippen LogP contribution in [0.5, 0.6) is 11.5 Å². The smallest absolute Gasteiger partial charge is 0.871 e. The first-order chi connectivity index (χ1) is 12.7. The number of nitroso groups, excluding NO2 is 2. The predicted octanol–water partition coefficient (Wildman–Crippen LogP) is 4.62. The third kappa shape index (κ3) is 4.11. The van der Waals surface area contributed by atoms with E-state index < -0.39 is 0 Å². The van der Waals surface area contributed by atoms with Crippen LogP contribution in [0.4, 0.5) is 11.4 Å². The first-order valence-corrected chi connectivity index (χ1v) is 7.70. The van der Waals surface area contributed by atoms with Crippen LogP contribution in [0.1, 0.15) is 0 Å². The molecule has 4 aromatic rings. The van der Waals surface area contributed by atoms with Gasteiger partial charge in [0.25, 0.3) is 0 Å². The number of hydrogen-bond donors (Lipinski definition) is 0. The molecule has 0 aliphatic heterocycles. The molecule has 0 unspecified atom stereocenters. The van der Waals surface area contributed by atoms with E-state index in [1.165, 1.54) is 12.1 Å². The number of hydrogen-bond acceptors (Lipinski definition) is 6. The SMILES string of the molecule is O=Nc1ccc2ccccc2c1[O-].O=Nc1ccc2ccccc2c1[O-].[Cu+2]. The predicted molar refractivity (Wildman–Crippen MR) is 97.7 cm³/mol. The third-order valence-corrected chi connectivity index (χ3v) is 3.91. The van der Waals surface area contributed by atoms with Crippen LogP contribution in [0.2, 0.25) is 0 Å². The molecule has 7 heteroatoms. The van der Waals surface area contributed by atoms with Gasteiger partial charge >= 0.3 is 17.1 Å². The minimum atomic E-state index is -0.298. The zero-order valence-electron chi connectivity index (χ0n) is 13.8. The molecule has 0 fully saturated rings. The molecule has 0 aliphatic carbocycles. The molecule has 0 N–H and O–H groups in total. The van der Waals surface area contributed by atoms with Crippen LogP contribution in [0.15, 0.2) is 83.2 Å². The standard InChI is InChI=1S/2C10H7NO2.Cu/c2*12-10-8-4-2-1-3-7(8)5-6-9(10)11-13;/h2*1-6,12H;/q;;+2/p-2. The Bertz CT molecular complexity index is 1030. The number of benzene rings is 4. The van der Waals surface area contributed by atoms with Gasteiger partial charge < -0.3 is 10.2 Å². The largest absolute Gasteiger partial charge is 2.00 e. The fraction of sp³-hybridized carbons (Fsp3) is 0. The zero-order valence-corrected chi connectivity index (χ0v) is 14.7. The molecule has 0 saturated heterocycles. The van der Waals surface area contributed by atoms with Crippen LogP contribution in [0.3, 0.4) is 0 Å². The Morgan fingerprint density at radius 2 is 0.926 bits per heavy atom. The number of fused-ring (bicyclic) bond motifs is 2. The van der Waals surface area contributed by atoms with Crippen molar-refractivity contribution in [1.29, 1.82) is 0 Å². The van der Waals surface area contributed by atoms with Crippen molar-refractivity contribution < 1.29 is 27.3 Å². The van der Waals surface area contributed by atoms with Crippen molar-refractivity contribution in [2.75, 3.05) is 0 Å². The fourth-order valence-corrected chi connectivity index (χ4v) is 2.61. The van der Waals surface area contributed by atoms with Crippen molar-refractivity contribution in [2.45, 2.75) is 0 Å². The minimum Gasteiger partial charge on any atom is -0.871 e. The monoisotopic (exact) mass is 407 g/mol. The quantitative estimate of drug-likeness (QED) is 0.357. The van der Waals surface area contributed by atoms with Gasteiger partial charge in [-0.1, -0.05) is 72.2 Å². The van der Waals surface area contributed by atoms with Crippen molar-refractivity contribution in [3.05, 3.63) is 82.6 Å². The van der Waals surface area contributed by atoms with E-state index in [0.717, 1.165) is 10.8 Å². The Kier molecular flexibility index (Phi) is 6.60. The first-order valence-electron chi connectivity index (χ1n) is 7.70. The summed E-state index contributed by atoms with van der Waals surface area (Å²) in [6.07, 6.45) is 0. The van der Waals surface area contributed by atoms with Crippen LogP contribution in [0, 0.1) is 9.81 Å². The zero-order chi connectivity index (χ0) is 18.5. The van der Waals surface area contributed by atoms with Gasteiger partial charge in [0.2, 0.25) is 0 Å². The summed E-state index contributed by atoms with van der Waals surface area (Å²) in [7, 11) is 0. The summed E-state index contributed by atoms with van der Waals surface area (Å²) < 4.78 is 0. The molecule has 0 heterocycles. The molecule has 0 aromatic heterocycles. The summed E-state index contributed by atoms with van der Waals surface area (Å²) in [4.78, 5) is 20.4. The summed E-state index contributed by atoms with van der Waals surface area (Å²) in [6, 6.07) is 20.5. The van der Waals surface area contributed by atoms with Crippen molar-refractivity contribution in [3.8, 4) is 11.5 Å². The van der Waals surface area contributed by atoms with Crippen molar-refractivity contribution >= 4 is 32.9 Å². The molecule has 4 aromatic carbocycles. The van der Waals surface area contributed by atoms with Crippen LogP contribution >= 0.6 is 0 Å². The molecule has 0 aliphatic rings. The van der Waals surface area contributed by atoms with Crippen LogP contribution in [0.25, 0.3) is 21.5 Å². The second-order valence-corrected chi connectivity index (χ2v) is 5.45. The van der Waals surface area contributed by atoms with Crippen molar-refractivity contribution in [3.63, 3.8) is 0 Å². The molecule has 0 spiro atoms. The van der Waals surface area contributed by atoms with Crippen molar-refractivity contribution in [1.82, 2.24) is 0 Å². The van der Waals surface area contributed by atoms with Gasteiger partial charge in [-0.05, 0) is 44.0 Å². The number of nitrogens with zero attached hydrogens (tertiary/aromatic N) is 2. The Labute approximate surface area is 164 Å². The molecule has 0 atom stereocenters. The van der Waals surface area contributed by atoms with Gasteiger partial charge in [-0.25, -0.2) is 0 Å². The molecule has 1 radical (unpaired) electrons. The Balaban J connectivity index is 0.000000187. The van der Waals surface area contributed by atoms with Crippen LogP contribution < -0.4 is 10.2 Å². The summed E-state index contributed by atoms with van der Waals surface area (Å²) >= 11 is 0. The number of rotatable bonds is 2. The molecule has 4 rings (SSSR count). The Morgan fingerprint density at radius 3 is 1.30 bits per heavy atom. The van der Waals surface area contributed by atoms with Crippen molar-refractivity contribution in [2.24, 2.45) is 10.4 Å². The van der Waals surface area contributed by atoms with E-state index in [-0.39, 0.29) is 39.9 Å².